The highest BCUT2D eigenvalue weighted by Crippen LogP contribution is 2.59. The van der Waals surface area contributed by atoms with E-state index in [9.17, 15) is 14.9 Å². The number of rotatable bonds is 4. The predicted octanol–water partition coefficient (Wildman–Crippen LogP) is 6.47. The van der Waals surface area contributed by atoms with Crippen molar-refractivity contribution in [2.24, 2.45) is 11.8 Å². The van der Waals surface area contributed by atoms with E-state index >= 15 is 0 Å². The van der Waals surface area contributed by atoms with E-state index in [1.165, 1.54) is 23.5 Å². The number of allylic oxidation sites excluding steroid dienone is 1. The van der Waals surface area contributed by atoms with E-state index in [0.29, 0.717) is 25.5 Å². The maximum absolute atomic E-state index is 12.7. The Balaban J connectivity index is 1.61. The molecule has 166 valence electrons. The SMILES string of the molecule is [C-]#[N+]C(C#N)=C1Sc2c(OC(=O)C3CCCCC3)ccc(OC(=O)C3CCCCC3)c2S1. The summed E-state index contributed by atoms with van der Waals surface area (Å²) in [4.78, 5) is 30.0. The van der Waals surface area contributed by atoms with Gasteiger partial charge in [0.2, 0.25) is 0 Å². The van der Waals surface area contributed by atoms with Gasteiger partial charge in [0.25, 0.3) is 5.70 Å². The number of carbonyl (C=O) groups excluding carboxylic acids is 2. The first kappa shape index (κ1) is 22.8. The maximum Gasteiger partial charge on any atom is 0.314 e. The number of benzene rings is 1. The van der Waals surface area contributed by atoms with Gasteiger partial charge in [0, 0.05) is 0 Å². The smallest absolute Gasteiger partial charge is 0.314 e. The van der Waals surface area contributed by atoms with Crippen LogP contribution in [0.5, 0.6) is 11.5 Å². The lowest BCUT2D eigenvalue weighted by Crippen LogP contribution is -2.23. The second-order valence-corrected chi connectivity index (χ2v) is 10.6. The molecule has 1 aliphatic heterocycles. The highest BCUT2D eigenvalue weighted by Gasteiger charge is 2.32. The molecule has 0 atom stereocenters. The first-order valence-electron chi connectivity index (χ1n) is 11.1. The van der Waals surface area contributed by atoms with Crippen LogP contribution < -0.4 is 9.47 Å². The van der Waals surface area contributed by atoms with Crippen molar-refractivity contribution in [1.82, 2.24) is 0 Å². The van der Waals surface area contributed by atoms with E-state index in [2.05, 4.69) is 4.85 Å². The largest absolute Gasteiger partial charge is 0.425 e. The first-order chi connectivity index (χ1) is 15.6. The van der Waals surface area contributed by atoms with Crippen molar-refractivity contribution in [1.29, 1.82) is 5.26 Å². The number of hydrogen-bond donors (Lipinski definition) is 0. The molecule has 0 unspecified atom stereocenters. The van der Waals surface area contributed by atoms with Crippen LogP contribution in [0.3, 0.4) is 0 Å². The van der Waals surface area contributed by atoms with Gasteiger partial charge in [0.05, 0.1) is 38.5 Å². The number of esters is 2. The average molecular weight is 469 g/mol. The highest BCUT2D eigenvalue weighted by atomic mass is 32.2. The second kappa shape index (κ2) is 10.5. The summed E-state index contributed by atoms with van der Waals surface area (Å²) in [6.07, 6.45) is 9.75. The van der Waals surface area contributed by atoms with E-state index < -0.39 is 0 Å². The van der Waals surface area contributed by atoms with Gasteiger partial charge in [-0.05, 0) is 37.8 Å². The van der Waals surface area contributed by atoms with Gasteiger partial charge in [-0.3, -0.25) is 9.59 Å². The summed E-state index contributed by atoms with van der Waals surface area (Å²) in [7, 11) is 0. The van der Waals surface area contributed by atoms with E-state index in [-0.39, 0.29) is 29.5 Å². The minimum atomic E-state index is -0.243. The fourth-order valence-electron chi connectivity index (χ4n) is 4.36. The topological polar surface area (TPSA) is 80.8 Å². The van der Waals surface area contributed by atoms with Gasteiger partial charge in [-0.25, -0.2) is 10.1 Å². The van der Waals surface area contributed by atoms with Gasteiger partial charge in [-0.15, -0.1) is 0 Å². The summed E-state index contributed by atoms with van der Waals surface area (Å²) in [5, 5.41) is 9.32. The zero-order valence-electron chi connectivity index (χ0n) is 17.7. The highest BCUT2D eigenvalue weighted by molar-refractivity contribution is 8.24. The lowest BCUT2D eigenvalue weighted by atomic mass is 9.89. The third-order valence-corrected chi connectivity index (χ3v) is 8.74. The van der Waals surface area contributed by atoms with Crippen LogP contribution in [-0.2, 0) is 9.59 Å². The summed E-state index contributed by atoms with van der Waals surface area (Å²) in [6.45, 7) is 7.28. The molecular weight excluding hydrogens is 444 g/mol. The fraction of sp³-hybridized carbons (Fsp3) is 0.500. The average Bonchev–Trinajstić information content (AvgIpc) is 3.28. The fourth-order valence-corrected chi connectivity index (χ4v) is 6.83. The van der Waals surface area contributed by atoms with Crippen molar-refractivity contribution in [3.8, 4) is 17.6 Å². The molecule has 3 aliphatic rings. The Morgan fingerprint density at radius 1 is 0.875 bits per heavy atom. The molecule has 0 N–H and O–H groups in total. The Hall–Kier alpha value is -2.42. The molecule has 0 aromatic heterocycles. The molecule has 1 aromatic carbocycles. The van der Waals surface area contributed by atoms with Gasteiger partial charge in [0.1, 0.15) is 11.5 Å². The predicted molar refractivity (Wildman–Crippen MR) is 122 cm³/mol. The molecule has 1 aromatic rings. The summed E-state index contributed by atoms with van der Waals surface area (Å²) in [6, 6.07) is 5.23. The molecule has 2 aliphatic carbocycles. The molecular formula is C24H24N2O4S2. The molecule has 0 amide bonds. The number of carbonyl (C=O) groups is 2. The van der Waals surface area contributed by atoms with E-state index in [1.54, 1.807) is 12.1 Å². The van der Waals surface area contributed by atoms with Crippen LogP contribution in [0.15, 0.2) is 31.9 Å². The molecule has 4 rings (SSSR count). The maximum atomic E-state index is 12.7. The third kappa shape index (κ3) is 4.98. The summed E-state index contributed by atoms with van der Waals surface area (Å²) >= 11 is 2.45. The molecule has 0 spiro atoms. The lowest BCUT2D eigenvalue weighted by Gasteiger charge is -2.21. The standard InChI is InChI=1S/C24H24N2O4S2/c1-26-17(14-25)24-31-20-18(29-22(27)15-8-4-2-5-9-15)12-13-19(21(20)32-24)30-23(28)16-10-6-3-7-11-16/h12-13,15-16H,2-11H2. The zero-order chi connectivity index (χ0) is 22.5. The number of nitriles is 1. The van der Waals surface area contributed by atoms with Crippen LogP contribution in [0, 0.1) is 29.7 Å². The summed E-state index contributed by atoms with van der Waals surface area (Å²) in [5.41, 5.74) is -0.0229. The van der Waals surface area contributed by atoms with Crippen molar-refractivity contribution >= 4 is 35.5 Å². The van der Waals surface area contributed by atoms with Crippen molar-refractivity contribution < 1.29 is 19.1 Å². The molecule has 32 heavy (non-hydrogen) atoms. The Kier molecular flexibility index (Phi) is 7.44. The summed E-state index contributed by atoms with van der Waals surface area (Å²) < 4.78 is 12.1. The van der Waals surface area contributed by atoms with Gasteiger partial charge >= 0.3 is 11.9 Å². The van der Waals surface area contributed by atoms with Crippen LogP contribution in [0.25, 0.3) is 4.85 Å². The van der Waals surface area contributed by atoms with Gasteiger partial charge in [-0.2, -0.15) is 0 Å². The Bertz CT molecular complexity index is 947. The first-order valence-corrected chi connectivity index (χ1v) is 12.7. The quantitative estimate of drug-likeness (QED) is 0.217. The number of thioether (sulfide) groups is 2. The molecule has 2 saturated carbocycles. The summed E-state index contributed by atoms with van der Waals surface area (Å²) in [5.74, 6) is 0.0936. The van der Waals surface area contributed by atoms with Crippen molar-refractivity contribution in [3.05, 3.63) is 33.5 Å². The van der Waals surface area contributed by atoms with Gasteiger partial charge < -0.3 is 9.47 Å². The molecule has 8 heteroatoms. The lowest BCUT2D eigenvalue weighted by molar-refractivity contribution is -0.141. The van der Waals surface area contributed by atoms with Crippen LogP contribution >= 0.6 is 23.5 Å². The monoisotopic (exact) mass is 468 g/mol. The minimum Gasteiger partial charge on any atom is -0.425 e. The number of hydrogen-bond acceptors (Lipinski definition) is 7. The molecule has 0 radical (unpaired) electrons. The van der Waals surface area contributed by atoms with Crippen molar-refractivity contribution in [2.75, 3.05) is 0 Å². The zero-order valence-corrected chi connectivity index (χ0v) is 19.4. The van der Waals surface area contributed by atoms with Crippen LogP contribution in [0.1, 0.15) is 64.2 Å². The van der Waals surface area contributed by atoms with Crippen LogP contribution in [0.4, 0.5) is 0 Å². The second-order valence-electron chi connectivity index (χ2n) is 8.30. The molecule has 1 heterocycles. The number of fused-ring (bicyclic) bond motifs is 1. The Morgan fingerprint density at radius 2 is 1.31 bits per heavy atom. The minimum absolute atomic E-state index is 0.0229. The van der Waals surface area contributed by atoms with Crippen LogP contribution in [0.2, 0.25) is 0 Å². The molecule has 6 nitrogen and oxygen atoms in total. The Morgan fingerprint density at radius 3 is 1.69 bits per heavy atom. The molecule has 0 saturated heterocycles. The van der Waals surface area contributed by atoms with E-state index in [0.717, 1.165) is 64.2 Å². The number of nitrogens with zero attached hydrogens (tertiary/aromatic N) is 2. The van der Waals surface area contributed by atoms with Crippen LogP contribution in [-0.4, -0.2) is 11.9 Å². The third-order valence-electron chi connectivity index (χ3n) is 6.14. The van der Waals surface area contributed by atoms with E-state index in [1.807, 2.05) is 6.07 Å². The Labute approximate surface area is 196 Å². The number of ether oxygens (including phenoxy) is 2. The van der Waals surface area contributed by atoms with Crippen molar-refractivity contribution in [3.63, 3.8) is 0 Å². The van der Waals surface area contributed by atoms with Gasteiger partial charge in [0.15, 0.2) is 0 Å². The van der Waals surface area contributed by atoms with Crippen molar-refractivity contribution in [2.45, 2.75) is 74.0 Å². The van der Waals surface area contributed by atoms with Gasteiger partial charge in [-0.1, -0.05) is 62.0 Å². The molecule has 0 bridgehead atoms. The van der Waals surface area contributed by atoms with E-state index in [4.69, 9.17) is 16.0 Å². The molecule has 2 fully saturated rings. The normalized spacial score (nSPS) is 18.9.